The molecule has 2 aromatic carbocycles. The van der Waals surface area contributed by atoms with Gasteiger partial charge in [0.2, 0.25) is 0 Å². The van der Waals surface area contributed by atoms with E-state index in [9.17, 15) is 15.0 Å². The van der Waals surface area contributed by atoms with Crippen LogP contribution < -0.4 is 0 Å². The largest absolute Gasteiger partial charge is 0.386 e. The fourth-order valence-corrected chi connectivity index (χ4v) is 2.64. The standard InChI is InChI=1S/C21H26O3/c1-20(2,23)17-9-5-7-15(11-17)13-19(22)14-16-8-6-10-18(12-16)21(3,4)24/h5-12,23-24H,13-14H2,1-4H3. The topological polar surface area (TPSA) is 57.5 Å². The van der Waals surface area contributed by atoms with Crippen LogP contribution in [0.4, 0.5) is 0 Å². The zero-order valence-electron chi connectivity index (χ0n) is 14.8. The van der Waals surface area contributed by atoms with Gasteiger partial charge in [-0.2, -0.15) is 0 Å². The number of Topliss-reactive ketones (excluding diaryl/α,β-unsaturated/α-hetero) is 1. The highest BCUT2D eigenvalue weighted by molar-refractivity contribution is 5.83. The summed E-state index contributed by atoms with van der Waals surface area (Å²) in [5.74, 6) is 0.107. The third-order valence-corrected chi connectivity index (χ3v) is 4.07. The van der Waals surface area contributed by atoms with Gasteiger partial charge in [0.25, 0.3) is 0 Å². The second-order valence-electron chi connectivity index (χ2n) is 7.41. The lowest BCUT2D eigenvalue weighted by atomic mass is 9.93. The molecule has 0 bridgehead atoms. The van der Waals surface area contributed by atoms with Crippen molar-refractivity contribution in [3.05, 3.63) is 70.8 Å². The van der Waals surface area contributed by atoms with Crippen LogP contribution in [0.15, 0.2) is 48.5 Å². The Labute approximate surface area is 144 Å². The van der Waals surface area contributed by atoms with E-state index in [0.29, 0.717) is 12.8 Å². The number of hydrogen-bond acceptors (Lipinski definition) is 3. The summed E-state index contributed by atoms with van der Waals surface area (Å²) in [6.45, 7) is 6.93. The van der Waals surface area contributed by atoms with Crippen LogP contribution in [-0.2, 0) is 28.8 Å². The maximum absolute atomic E-state index is 12.4. The summed E-state index contributed by atoms with van der Waals surface area (Å²) in [4.78, 5) is 12.4. The highest BCUT2D eigenvalue weighted by atomic mass is 16.3. The molecule has 0 saturated heterocycles. The average Bonchev–Trinajstić information content (AvgIpc) is 2.46. The first-order valence-electron chi connectivity index (χ1n) is 8.21. The number of rotatable bonds is 6. The third-order valence-electron chi connectivity index (χ3n) is 4.07. The first kappa shape index (κ1) is 18.4. The van der Waals surface area contributed by atoms with E-state index in [1.54, 1.807) is 27.7 Å². The SMILES string of the molecule is CC(C)(O)c1cccc(CC(=O)Cc2cccc(C(C)(C)O)c2)c1. The quantitative estimate of drug-likeness (QED) is 0.854. The number of benzene rings is 2. The molecule has 0 aromatic heterocycles. The summed E-state index contributed by atoms with van der Waals surface area (Å²) < 4.78 is 0. The van der Waals surface area contributed by atoms with Crippen LogP contribution in [0.25, 0.3) is 0 Å². The molecule has 0 fully saturated rings. The molecule has 24 heavy (non-hydrogen) atoms. The molecule has 2 N–H and O–H groups in total. The maximum Gasteiger partial charge on any atom is 0.141 e. The Bertz CT molecular complexity index is 657. The van der Waals surface area contributed by atoms with E-state index in [4.69, 9.17) is 0 Å². The van der Waals surface area contributed by atoms with Gasteiger partial charge < -0.3 is 10.2 Å². The predicted octanol–water partition coefficient (Wildman–Crippen LogP) is 3.50. The lowest BCUT2D eigenvalue weighted by molar-refractivity contribution is -0.117. The van der Waals surface area contributed by atoms with Gasteiger partial charge >= 0.3 is 0 Å². The molecule has 2 aromatic rings. The van der Waals surface area contributed by atoms with E-state index < -0.39 is 11.2 Å². The lowest BCUT2D eigenvalue weighted by Crippen LogP contribution is -2.17. The van der Waals surface area contributed by atoms with E-state index in [2.05, 4.69) is 0 Å². The molecule has 0 atom stereocenters. The van der Waals surface area contributed by atoms with Gasteiger partial charge in [0, 0.05) is 12.8 Å². The minimum atomic E-state index is -0.917. The van der Waals surface area contributed by atoms with Gasteiger partial charge in [-0.25, -0.2) is 0 Å². The molecule has 0 unspecified atom stereocenters. The monoisotopic (exact) mass is 326 g/mol. The number of aliphatic hydroxyl groups is 2. The highest BCUT2D eigenvalue weighted by Gasteiger charge is 2.18. The Kier molecular flexibility index (Phi) is 5.26. The summed E-state index contributed by atoms with van der Waals surface area (Å²) in [5.41, 5.74) is 1.57. The van der Waals surface area contributed by atoms with Crippen molar-refractivity contribution < 1.29 is 15.0 Å². The Morgan fingerprint density at radius 2 is 1.17 bits per heavy atom. The molecule has 0 radical (unpaired) electrons. The zero-order valence-corrected chi connectivity index (χ0v) is 14.8. The average molecular weight is 326 g/mol. The number of carbonyl (C=O) groups is 1. The molecule has 3 heteroatoms. The van der Waals surface area contributed by atoms with Crippen LogP contribution in [0.5, 0.6) is 0 Å². The molecule has 2 rings (SSSR count). The molecule has 0 heterocycles. The lowest BCUT2D eigenvalue weighted by Gasteiger charge is -2.19. The van der Waals surface area contributed by atoms with Gasteiger partial charge in [-0.1, -0.05) is 48.5 Å². The van der Waals surface area contributed by atoms with Crippen molar-refractivity contribution in [2.45, 2.75) is 51.7 Å². The molecule has 128 valence electrons. The van der Waals surface area contributed by atoms with Crippen molar-refractivity contribution in [1.29, 1.82) is 0 Å². The van der Waals surface area contributed by atoms with E-state index in [1.807, 2.05) is 48.5 Å². The maximum atomic E-state index is 12.4. The summed E-state index contributed by atoms with van der Waals surface area (Å²) in [7, 11) is 0. The summed E-state index contributed by atoms with van der Waals surface area (Å²) in [6.07, 6.45) is 0.660. The van der Waals surface area contributed by atoms with Gasteiger partial charge in [-0.15, -0.1) is 0 Å². The van der Waals surface area contributed by atoms with E-state index in [1.165, 1.54) is 0 Å². The first-order chi connectivity index (χ1) is 11.1. The minimum Gasteiger partial charge on any atom is -0.386 e. The van der Waals surface area contributed by atoms with E-state index in [-0.39, 0.29) is 5.78 Å². The molecular weight excluding hydrogens is 300 g/mol. The van der Waals surface area contributed by atoms with E-state index in [0.717, 1.165) is 22.3 Å². The summed E-state index contributed by atoms with van der Waals surface area (Å²) in [5, 5.41) is 20.2. The van der Waals surface area contributed by atoms with Crippen molar-refractivity contribution in [2.24, 2.45) is 0 Å². The molecule has 0 saturated carbocycles. The zero-order chi connectivity index (χ0) is 18.0. The van der Waals surface area contributed by atoms with Crippen molar-refractivity contribution in [3.8, 4) is 0 Å². The second-order valence-corrected chi connectivity index (χ2v) is 7.41. The second kappa shape index (κ2) is 6.88. The molecule has 0 spiro atoms. The number of hydrogen-bond donors (Lipinski definition) is 2. The van der Waals surface area contributed by atoms with Crippen molar-refractivity contribution in [1.82, 2.24) is 0 Å². The van der Waals surface area contributed by atoms with Crippen LogP contribution in [0.2, 0.25) is 0 Å². The Morgan fingerprint density at radius 3 is 1.50 bits per heavy atom. The van der Waals surface area contributed by atoms with Gasteiger partial charge in [-0.05, 0) is 49.9 Å². The number of ketones is 1. The minimum absolute atomic E-state index is 0.107. The Morgan fingerprint density at radius 1 is 0.792 bits per heavy atom. The third kappa shape index (κ3) is 5.02. The van der Waals surface area contributed by atoms with Crippen LogP contribution in [-0.4, -0.2) is 16.0 Å². The molecule has 0 aliphatic heterocycles. The molecule has 0 aliphatic carbocycles. The molecular formula is C21H26O3. The van der Waals surface area contributed by atoms with Crippen LogP contribution in [0, 0.1) is 0 Å². The molecule has 3 nitrogen and oxygen atoms in total. The fourth-order valence-electron chi connectivity index (χ4n) is 2.64. The normalized spacial score (nSPS) is 12.2. The van der Waals surface area contributed by atoms with E-state index >= 15 is 0 Å². The predicted molar refractivity (Wildman–Crippen MR) is 95.8 cm³/mol. The van der Waals surface area contributed by atoms with Gasteiger partial charge in [-0.3, -0.25) is 4.79 Å². The summed E-state index contributed by atoms with van der Waals surface area (Å²) in [6, 6.07) is 15.0. The first-order valence-corrected chi connectivity index (χ1v) is 8.21. The van der Waals surface area contributed by atoms with Crippen LogP contribution in [0.1, 0.15) is 49.9 Å². The van der Waals surface area contributed by atoms with Crippen LogP contribution >= 0.6 is 0 Å². The van der Waals surface area contributed by atoms with Gasteiger partial charge in [0.1, 0.15) is 5.78 Å². The molecule has 0 aliphatic rings. The molecule has 0 amide bonds. The van der Waals surface area contributed by atoms with Gasteiger partial charge in [0.05, 0.1) is 11.2 Å². The highest BCUT2D eigenvalue weighted by Crippen LogP contribution is 2.22. The van der Waals surface area contributed by atoms with Crippen molar-refractivity contribution in [2.75, 3.05) is 0 Å². The smallest absolute Gasteiger partial charge is 0.141 e. The van der Waals surface area contributed by atoms with Crippen LogP contribution in [0.3, 0.4) is 0 Å². The fraction of sp³-hybridized carbons (Fsp3) is 0.381. The van der Waals surface area contributed by atoms with Crippen molar-refractivity contribution >= 4 is 5.78 Å². The number of carbonyl (C=O) groups excluding carboxylic acids is 1. The van der Waals surface area contributed by atoms with Gasteiger partial charge in [0.15, 0.2) is 0 Å². The Balaban J connectivity index is 2.09. The Hall–Kier alpha value is -1.97. The summed E-state index contributed by atoms with van der Waals surface area (Å²) >= 11 is 0. The van der Waals surface area contributed by atoms with Crippen molar-refractivity contribution in [3.63, 3.8) is 0 Å².